The number of hydrogen-bond acceptors (Lipinski definition) is 5. The lowest BCUT2D eigenvalue weighted by Gasteiger charge is -2.26. The van der Waals surface area contributed by atoms with Gasteiger partial charge >= 0.3 is 0 Å². The van der Waals surface area contributed by atoms with Crippen molar-refractivity contribution < 1.29 is 17.9 Å². The Morgan fingerprint density at radius 2 is 1.90 bits per heavy atom. The predicted molar refractivity (Wildman–Crippen MR) is 117 cm³/mol. The molecule has 1 aliphatic heterocycles. The molecule has 0 spiro atoms. The van der Waals surface area contributed by atoms with Crippen LogP contribution in [0.15, 0.2) is 58.2 Å². The number of carbonyl (C=O) groups is 1. The molecule has 0 aliphatic carbocycles. The molecule has 1 aromatic heterocycles. The smallest absolute Gasteiger partial charge is 0.252 e. The molecule has 0 unspecified atom stereocenters. The van der Waals surface area contributed by atoms with Crippen LogP contribution in [0.25, 0.3) is 10.9 Å². The molecule has 3 aromatic rings. The highest BCUT2D eigenvalue weighted by Crippen LogP contribution is 2.23. The summed E-state index contributed by atoms with van der Waals surface area (Å²) in [6, 6.07) is 12.6. The van der Waals surface area contributed by atoms with Crippen molar-refractivity contribution in [3.8, 4) is 0 Å². The summed E-state index contributed by atoms with van der Waals surface area (Å²) in [6.07, 6.45) is 0. The lowest BCUT2D eigenvalue weighted by atomic mass is 10.1. The molecule has 1 fully saturated rings. The molecule has 10 heteroatoms. The van der Waals surface area contributed by atoms with E-state index in [0.717, 1.165) is 5.56 Å². The molecule has 2 heterocycles. The van der Waals surface area contributed by atoms with Crippen molar-refractivity contribution >= 4 is 38.4 Å². The van der Waals surface area contributed by atoms with E-state index in [4.69, 9.17) is 16.3 Å². The van der Waals surface area contributed by atoms with E-state index in [1.807, 2.05) is 6.07 Å². The van der Waals surface area contributed by atoms with Crippen molar-refractivity contribution in [2.45, 2.75) is 11.4 Å². The third kappa shape index (κ3) is 4.64. The minimum Gasteiger partial charge on any atom is -0.379 e. The lowest BCUT2D eigenvalue weighted by molar-refractivity contribution is 0.0730. The summed E-state index contributed by atoms with van der Waals surface area (Å²) in [5, 5.41) is 3.65. The van der Waals surface area contributed by atoms with Crippen molar-refractivity contribution in [2.24, 2.45) is 0 Å². The number of nitrogens with zero attached hydrogens (tertiary/aromatic N) is 1. The summed E-state index contributed by atoms with van der Waals surface area (Å²) in [7, 11) is -3.75. The first-order valence-electron chi connectivity index (χ1n) is 9.62. The molecule has 1 saturated heterocycles. The fourth-order valence-corrected chi connectivity index (χ4v) is 5.09. The highest BCUT2D eigenvalue weighted by Gasteiger charge is 2.27. The second kappa shape index (κ2) is 8.80. The molecule has 2 aromatic carbocycles. The number of H-pyrrole nitrogens is 1. The first-order valence-corrected chi connectivity index (χ1v) is 11.4. The quantitative estimate of drug-likeness (QED) is 0.605. The van der Waals surface area contributed by atoms with Crippen LogP contribution in [0.2, 0.25) is 5.02 Å². The Labute approximate surface area is 183 Å². The van der Waals surface area contributed by atoms with Crippen molar-refractivity contribution in [3.63, 3.8) is 0 Å². The van der Waals surface area contributed by atoms with Crippen LogP contribution >= 0.6 is 11.6 Å². The van der Waals surface area contributed by atoms with E-state index in [2.05, 4.69) is 10.3 Å². The molecule has 0 bridgehead atoms. The van der Waals surface area contributed by atoms with Gasteiger partial charge < -0.3 is 15.0 Å². The summed E-state index contributed by atoms with van der Waals surface area (Å²) in [5.41, 5.74) is 0.816. The number of carbonyl (C=O) groups excluding carboxylic acids is 1. The van der Waals surface area contributed by atoms with Crippen LogP contribution in [0.1, 0.15) is 15.9 Å². The number of benzene rings is 2. The molecule has 4 rings (SSSR count). The van der Waals surface area contributed by atoms with Gasteiger partial charge in [-0.2, -0.15) is 4.31 Å². The predicted octanol–water partition coefficient (Wildman–Crippen LogP) is 2.13. The number of rotatable bonds is 5. The topological polar surface area (TPSA) is 109 Å². The highest BCUT2D eigenvalue weighted by atomic mass is 35.5. The Bertz CT molecular complexity index is 1300. The summed E-state index contributed by atoms with van der Waals surface area (Å²) < 4.78 is 32.6. The maximum Gasteiger partial charge on any atom is 0.252 e. The first-order chi connectivity index (χ1) is 14.8. The number of amides is 1. The van der Waals surface area contributed by atoms with Crippen molar-refractivity contribution in [1.29, 1.82) is 0 Å². The molecule has 8 nitrogen and oxygen atoms in total. The van der Waals surface area contributed by atoms with E-state index in [0.29, 0.717) is 29.1 Å². The molecule has 1 aliphatic rings. The number of pyridine rings is 1. The van der Waals surface area contributed by atoms with Gasteiger partial charge in [-0.05, 0) is 35.9 Å². The average molecular weight is 462 g/mol. The van der Waals surface area contributed by atoms with Crippen molar-refractivity contribution in [1.82, 2.24) is 14.6 Å². The normalized spacial score (nSPS) is 15.1. The third-order valence-electron chi connectivity index (χ3n) is 5.01. The Morgan fingerprint density at radius 1 is 1.13 bits per heavy atom. The van der Waals surface area contributed by atoms with E-state index in [1.165, 1.54) is 28.6 Å². The first kappa shape index (κ1) is 21.5. The Morgan fingerprint density at radius 3 is 2.65 bits per heavy atom. The van der Waals surface area contributed by atoms with Gasteiger partial charge in [0.1, 0.15) is 0 Å². The van der Waals surface area contributed by atoms with Gasteiger partial charge in [0.2, 0.25) is 15.6 Å². The van der Waals surface area contributed by atoms with Crippen molar-refractivity contribution in [3.05, 3.63) is 75.0 Å². The molecular weight excluding hydrogens is 442 g/mol. The molecule has 2 N–H and O–H groups in total. The number of halogens is 1. The number of morpholine rings is 1. The number of ether oxygens (including phenoxy) is 1. The minimum absolute atomic E-state index is 0.0536. The van der Waals surface area contributed by atoms with E-state index in [9.17, 15) is 18.0 Å². The summed E-state index contributed by atoms with van der Waals surface area (Å²) >= 11 is 5.97. The van der Waals surface area contributed by atoms with Crippen LogP contribution < -0.4 is 10.9 Å². The molecule has 162 valence electrons. The van der Waals surface area contributed by atoms with Crippen molar-refractivity contribution in [2.75, 3.05) is 26.3 Å². The molecule has 31 heavy (non-hydrogen) atoms. The fourth-order valence-electron chi connectivity index (χ4n) is 3.44. The van der Waals surface area contributed by atoms with Gasteiger partial charge in [0.25, 0.3) is 5.91 Å². The minimum atomic E-state index is -3.75. The van der Waals surface area contributed by atoms with Crippen LogP contribution in [-0.4, -0.2) is 49.9 Å². The lowest BCUT2D eigenvalue weighted by Crippen LogP contribution is -2.40. The van der Waals surface area contributed by atoms with Crippen LogP contribution in [0, 0.1) is 0 Å². The van der Waals surface area contributed by atoms with E-state index in [-0.39, 0.29) is 30.1 Å². The molecular formula is C21H20ClN3O5S. The number of sulfonamides is 1. The van der Waals surface area contributed by atoms with Gasteiger partial charge in [-0.15, -0.1) is 0 Å². The van der Waals surface area contributed by atoms with E-state index < -0.39 is 21.5 Å². The second-order valence-electron chi connectivity index (χ2n) is 7.08. The largest absolute Gasteiger partial charge is 0.379 e. The average Bonchev–Trinajstić information content (AvgIpc) is 2.77. The number of hydrogen-bond donors (Lipinski definition) is 2. The van der Waals surface area contributed by atoms with Gasteiger partial charge in [-0.3, -0.25) is 9.59 Å². The van der Waals surface area contributed by atoms with Crippen LogP contribution in [-0.2, 0) is 21.3 Å². The number of nitrogens with one attached hydrogen (secondary N) is 2. The monoisotopic (exact) mass is 461 g/mol. The third-order valence-corrected chi connectivity index (χ3v) is 7.14. The van der Waals surface area contributed by atoms with E-state index in [1.54, 1.807) is 18.2 Å². The maximum atomic E-state index is 13.0. The molecule has 0 saturated carbocycles. The fraction of sp³-hybridized carbons (Fsp3) is 0.238. The van der Waals surface area contributed by atoms with Crippen LogP contribution in [0.5, 0.6) is 0 Å². The summed E-state index contributed by atoms with van der Waals surface area (Å²) in [5.74, 6) is -0.489. The summed E-state index contributed by atoms with van der Waals surface area (Å²) in [4.78, 5) is 27.6. The molecule has 0 atom stereocenters. The van der Waals surface area contributed by atoms with E-state index >= 15 is 0 Å². The van der Waals surface area contributed by atoms with Crippen LogP contribution in [0.3, 0.4) is 0 Å². The standard InChI is InChI=1S/C21H20ClN3O5S/c22-15-3-1-2-14(10-15)13-23-21(27)18-12-20(26)24-19-5-4-16(11-17(18)19)31(28,29)25-6-8-30-9-7-25/h1-5,10-12H,6-9,13H2,(H,23,27)(H,24,26). The Kier molecular flexibility index (Phi) is 6.10. The van der Waals surface area contributed by atoms with Crippen LogP contribution in [0.4, 0.5) is 0 Å². The number of aromatic nitrogens is 1. The SMILES string of the molecule is O=C(NCc1cccc(Cl)c1)c1cc(=O)[nH]c2ccc(S(=O)(=O)N3CCOCC3)cc12. The van der Waals surface area contributed by atoms with Gasteiger partial charge in [-0.25, -0.2) is 8.42 Å². The zero-order valence-electron chi connectivity index (χ0n) is 16.4. The summed E-state index contributed by atoms with van der Waals surface area (Å²) in [6.45, 7) is 1.39. The highest BCUT2D eigenvalue weighted by molar-refractivity contribution is 7.89. The zero-order valence-corrected chi connectivity index (χ0v) is 18.0. The maximum absolute atomic E-state index is 13.0. The van der Waals surface area contributed by atoms with Gasteiger partial charge in [0, 0.05) is 41.6 Å². The van der Waals surface area contributed by atoms with Gasteiger partial charge in [0.15, 0.2) is 0 Å². The van der Waals surface area contributed by atoms with Gasteiger partial charge in [-0.1, -0.05) is 23.7 Å². The number of aromatic amines is 1. The molecule has 1 amide bonds. The van der Waals surface area contributed by atoms with Gasteiger partial charge in [0.05, 0.1) is 23.7 Å². The molecule has 0 radical (unpaired) electrons. The Hall–Kier alpha value is -2.72. The number of fused-ring (bicyclic) bond motifs is 1. The Balaban J connectivity index is 1.68. The zero-order chi connectivity index (χ0) is 22.0. The second-order valence-corrected chi connectivity index (χ2v) is 9.46.